The van der Waals surface area contributed by atoms with Gasteiger partial charge in [-0.3, -0.25) is 0 Å². The molecule has 0 aromatic heterocycles. The Morgan fingerprint density at radius 2 is 0.812 bits per heavy atom. The molecular formula is C60H68Cl2SiZr-2. The monoisotopic (exact) mass is 976 g/mol. The van der Waals surface area contributed by atoms with Crippen molar-refractivity contribution in [3.8, 4) is 22.3 Å². The molecule has 0 spiro atoms. The van der Waals surface area contributed by atoms with E-state index in [4.69, 9.17) is 0 Å². The standard InChI is InChI=1S/2C29H31.C2H6Si.2ClH.Zr/c2*1-2-29(16-7-3-4-8-17-29)21-22-18-25-12-9-13-27(28(25)19-22)26-15-14-23-10-5-6-11-24(23)20-26;1-3-2;;;/h2*5-6,9-15,18-20H,2-4,7-8,16-17,21H2,1H3;1-2H3;2*1H;/q2*-1;;;;+2/p-2. The van der Waals surface area contributed by atoms with Crippen LogP contribution in [0.3, 0.4) is 0 Å². The third-order valence-electron chi connectivity index (χ3n) is 14.7. The van der Waals surface area contributed by atoms with Crippen molar-refractivity contribution in [2.75, 3.05) is 0 Å². The molecule has 0 N–H and O–H groups in total. The van der Waals surface area contributed by atoms with Crippen LogP contribution < -0.4 is 24.8 Å². The molecule has 0 bridgehead atoms. The zero-order chi connectivity index (χ0) is 42.9. The van der Waals surface area contributed by atoms with Gasteiger partial charge in [0.1, 0.15) is 0 Å². The maximum absolute atomic E-state index is 2.49. The summed E-state index contributed by atoms with van der Waals surface area (Å²) in [5.74, 6) is 0. The van der Waals surface area contributed by atoms with Crippen LogP contribution in [-0.2, 0) is 36.2 Å². The molecule has 0 aliphatic heterocycles. The largest absolute Gasteiger partial charge is 1.00 e. The molecular weight excluding hydrogens is 911 g/mol. The first-order valence-electron chi connectivity index (χ1n) is 24.1. The Morgan fingerprint density at radius 3 is 1.17 bits per heavy atom. The Kier molecular flexibility index (Phi) is 18.4. The Bertz CT molecular complexity index is 2550. The summed E-state index contributed by atoms with van der Waals surface area (Å²) in [6, 6.07) is 54.5. The van der Waals surface area contributed by atoms with E-state index in [2.05, 4.69) is 173 Å². The molecule has 8 aromatic rings. The van der Waals surface area contributed by atoms with Gasteiger partial charge in [0, 0.05) is 0 Å². The number of hydrogen-bond donors (Lipinski definition) is 0. The smallest absolute Gasteiger partial charge is 1.00 e. The van der Waals surface area contributed by atoms with Crippen LogP contribution in [0.2, 0.25) is 13.1 Å². The second kappa shape index (κ2) is 23.5. The molecule has 10 rings (SSSR count). The van der Waals surface area contributed by atoms with Gasteiger partial charge in [0.25, 0.3) is 0 Å². The van der Waals surface area contributed by atoms with Gasteiger partial charge in [0.15, 0.2) is 0 Å². The van der Waals surface area contributed by atoms with E-state index in [1.165, 1.54) is 179 Å². The van der Waals surface area contributed by atoms with Crippen LogP contribution >= 0.6 is 0 Å². The van der Waals surface area contributed by atoms with Crippen molar-refractivity contribution < 1.29 is 48.1 Å². The van der Waals surface area contributed by atoms with Gasteiger partial charge < -0.3 is 24.8 Å². The van der Waals surface area contributed by atoms with E-state index in [1.807, 2.05) is 0 Å². The third-order valence-corrected chi connectivity index (χ3v) is 14.7. The van der Waals surface area contributed by atoms with Crippen molar-refractivity contribution in [2.24, 2.45) is 10.8 Å². The fourth-order valence-electron chi connectivity index (χ4n) is 11.1. The van der Waals surface area contributed by atoms with Gasteiger partial charge in [0.2, 0.25) is 0 Å². The van der Waals surface area contributed by atoms with Gasteiger partial charge in [-0.15, -0.1) is 69.1 Å². The summed E-state index contributed by atoms with van der Waals surface area (Å²) in [5.41, 5.74) is 9.71. The van der Waals surface area contributed by atoms with E-state index in [0.717, 1.165) is 0 Å². The zero-order valence-corrected chi connectivity index (χ0v) is 43.9. The van der Waals surface area contributed by atoms with Crippen LogP contribution in [0.5, 0.6) is 0 Å². The Labute approximate surface area is 413 Å². The van der Waals surface area contributed by atoms with E-state index in [1.54, 1.807) is 23.3 Å². The van der Waals surface area contributed by atoms with Gasteiger partial charge >= 0.3 is 41.9 Å². The van der Waals surface area contributed by atoms with Gasteiger partial charge in [-0.2, -0.15) is 12.1 Å². The molecule has 0 heterocycles. The fraction of sp³-hybridized carbons (Fsp3) is 0.367. The van der Waals surface area contributed by atoms with Crippen LogP contribution in [0.1, 0.15) is 115 Å². The summed E-state index contributed by atoms with van der Waals surface area (Å²) in [5, 5.41) is 10.9. The summed E-state index contributed by atoms with van der Waals surface area (Å²) in [6.45, 7) is 9.44. The van der Waals surface area contributed by atoms with Crippen LogP contribution in [0.25, 0.3) is 65.3 Å². The maximum Gasteiger partial charge on any atom is -1.00 e. The number of rotatable bonds is 8. The molecule has 2 aliphatic carbocycles. The van der Waals surface area contributed by atoms with Crippen molar-refractivity contribution in [1.29, 1.82) is 0 Å². The van der Waals surface area contributed by atoms with E-state index >= 15 is 0 Å². The Balaban J connectivity index is 0.000000191. The molecule has 0 unspecified atom stereocenters. The normalized spacial score (nSPS) is 15.7. The van der Waals surface area contributed by atoms with Gasteiger partial charge in [-0.05, 0) is 94.2 Å². The minimum Gasteiger partial charge on any atom is -1.00 e. The van der Waals surface area contributed by atoms with Crippen molar-refractivity contribution in [2.45, 2.75) is 130 Å². The quantitative estimate of drug-likeness (QED) is 0.0809. The molecule has 0 saturated heterocycles. The first kappa shape index (κ1) is 50.2. The first-order chi connectivity index (χ1) is 30.3. The molecule has 2 aliphatic rings. The minimum absolute atomic E-state index is 0. The van der Waals surface area contributed by atoms with Crippen LogP contribution in [-0.4, -0.2) is 5.43 Å². The van der Waals surface area contributed by atoms with Crippen molar-refractivity contribution in [1.82, 2.24) is 0 Å². The molecule has 0 amide bonds. The topological polar surface area (TPSA) is 0 Å². The van der Waals surface area contributed by atoms with Crippen LogP contribution in [0.4, 0.5) is 0 Å². The predicted octanol–water partition coefficient (Wildman–Crippen LogP) is 12.1. The molecule has 4 heteroatoms. The number of hydrogen-bond acceptors (Lipinski definition) is 0. The van der Waals surface area contributed by atoms with Crippen molar-refractivity contribution >= 4 is 48.5 Å². The second-order valence-corrected chi connectivity index (χ2v) is 28.7. The zero-order valence-electron chi connectivity index (χ0n) is 38.9. The molecule has 0 atom stereocenters. The SMILES string of the molecule is CCC1(Cc2cc3c(-c4ccc5ccccc5c4)cccc3[cH-]2)CCCCCC1.CCC1(Cc2cc3c(-c4ccc5ccccc5c4)cccc3[cH-]2)CCCCCC1.C[Si](C)=[Zr+2].[Cl-].[Cl-]. The molecule has 8 aromatic carbocycles. The molecule has 2 saturated carbocycles. The second-order valence-electron chi connectivity index (χ2n) is 19.4. The van der Waals surface area contributed by atoms with E-state index < -0.39 is 0 Å². The van der Waals surface area contributed by atoms with Crippen molar-refractivity contribution in [3.63, 3.8) is 0 Å². The summed E-state index contributed by atoms with van der Waals surface area (Å²) in [4.78, 5) is 0. The first-order valence-corrected chi connectivity index (χ1v) is 30.3. The van der Waals surface area contributed by atoms with E-state index in [-0.39, 0.29) is 30.2 Å². The fourth-order valence-corrected chi connectivity index (χ4v) is 11.1. The van der Waals surface area contributed by atoms with Crippen LogP contribution in [0.15, 0.2) is 146 Å². The van der Waals surface area contributed by atoms with E-state index in [9.17, 15) is 0 Å². The number of benzene rings is 6. The Morgan fingerprint density at radius 1 is 0.453 bits per heavy atom. The minimum atomic E-state index is 0. The molecule has 0 nitrogen and oxygen atoms in total. The van der Waals surface area contributed by atoms with E-state index in [0.29, 0.717) is 10.8 Å². The van der Waals surface area contributed by atoms with Gasteiger partial charge in [-0.25, -0.2) is 0 Å². The average molecular weight is 979 g/mol. The molecule has 2 fully saturated rings. The number of halogens is 2. The molecule has 332 valence electrons. The molecule has 64 heavy (non-hydrogen) atoms. The maximum atomic E-state index is 2.49. The Hall–Kier alpha value is -3.26. The van der Waals surface area contributed by atoms with Gasteiger partial charge in [0.05, 0.1) is 0 Å². The van der Waals surface area contributed by atoms with Gasteiger partial charge in [-0.1, -0.05) is 174 Å². The predicted molar refractivity (Wildman–Crippen MR) is 271 cm³/mol. The molecule has 0 radical (unpaired) electrons. The summed E-state index contributed by atoms with van der Waals surface area (Å²) >= 11 is 1.74. The summed E-state index contributed by atoms with van der Waals surface area (Å²) in [6.07, 6.45) is 22.1. The third kappa shape index (κ3) is 12.2. The van der Waals surface area contributed by atoms with Crippen molar-refractivity contribution in [3.05, 3.63) is 157 Å². The summed E-state index contributed by atoms with van der Waals surface area (Å²) in [7, 11) is 0. The summed E-state index contributed by atoms with van der Waals surface area (Å²) < 4.78 is 0. The average Bonchev–Trinajstić information content (AvgIpc) is 3.72. The van der Waals surface area contributed by atoms with Crippen LogP contribution in [0, 0.1) is 10.8 Å². The number of fused-ring (bicyclic) bond motifs is 4.